The molecule has 1 atom stereocenters. The maximum absolute atomic E-state index is 10.3. The minimum Gasteiger partial charge on any atom is -0.499 e. The Morgan fingerprint density at radius 1 is 0.976 bits per heavy atom. The minimum absolute atomic E-state index is 0.104. The first-order valence-electron chi connectivity index (χ1n) is 15.5. The lowest BCUT2D eigenvalue weighted by molar-refractivity contribution is -0.104. The van der Waals surface area contributed by atoms with E-state index in [9.17, 15) is 4.79 Å². The van der Waals surface area contributed by atoms with Gasteiger partial charge in [-0.1, -0.05) is 119 Å². The Hall–Kier alpha value is -3.43. The molecule has 0 amide bonds. The molecule has 1 N–H and O–H groups in total. The summed E-state index contributed by atoms with van der Waals surface area (Å²) in [6, 6.07) is 17.7. The van der Waals surface area contributed by atoms with Crippen LogP contribution in [-0.2, 0) is 16.0 Å². The summed E-state index contributed by atoms with van der Waals surface area (Å²) in [5, 5.41) is 8.94. The molecule has 2 rings (SSSR count). The topological polar surface area (TPSA) is 46.5 Å². The molecule has 0 aliphatic carbocycles. The summed E-state index contributed by atoms with van der Waals surface area (Å²) in [7, 11) is 0. The maximum atomic E-state index is 10.3. The zero-order chi connectivity index (χ0) is 31.8. The van der Waals surface area contributed by atoms with Crippen LogP contribution in [0.25, 0.3) is 11.1 Å². The van der Waals surface area contributed by atoms with Crippen LogP contribution in [0.4, 0.5) is 0 Å². The first-order valence-corrected chi connectivity index (χ1v) is 15.5. The number of benzene rings is 2. The van der Waals surface area contributed by atoms with Crippen LogP contribution in [0.3, 0.4) is 0 Å². The summed E-state index contributed by atoms with van der Waals surface area (Å²) >= 11 is 0. The molecular formula is C39H56O3. The van der Waals surface area contributed by atoms with Gasteiger partial charge in [-0.3, -0.25) is 4.79 Å². The van der Waals surface area contributed by atoms with Gasteiger partial charge in [0.2, 0.25) is 0 Å². The molecule has 0 heterocycles. The van der Waals surface area contributed by atoms with Crippen molar-refractivity contribution in [3.05, 3.63) is 120 Å². The van der Waals surface area contributed by atoms with Gasteiger partial charge >= 0.3 is 0 Å². The molecule has 0 aliphatic heterocycles. The number of aryl methyl sites for hydroxylation is 2. The van der Waals surface area contributed by atoms with Gasteiger partial charge in [-0.2, -0.15) is 0 Å². The monoisotopic (exact) mass is 572 g/mol. The molecule has 1 unspecified atom stereocenters. The lowest BCUT2D eigenvalue weighted by atomic mass is 9.93. The van der Waals surface area contributed by atoms with Crippen molar-refractivity contribution in [1.29, 1.82) is 0 Å². The molecule has 0 bridgehead atoms. The van der Waals surface area contributed by atoms with Gasteiger partial charge in [0.1, 0.15) is 6.29 Å². The second kappa shape index (κ2) is 24.2. The summed E-state index contributed by atoms with van der Waals surface area (Å²) in [6.07, 6.45) is 14.9. The highest BCUT2D eigenvalue weighted by Crippen LogP contribution is 2.25. The third-order valence-electron chi connectivity index (χ3n) is 6.74. The SMILES string of the molecule is C=C(CO)C(=C\C=C/C)/C(C)=C\C=O.C=C(OCC)C(CCC)CCCCc1cccc(-c2cccc(C)c2)c1.CC. The molecule has 42 heavy (non-hydrogen) atoms. The quantitative estimate of drug-likeness (QED) is 0.0715. The number of hydrogen-bond donors (Lipinski definition) is 1. The van der Waals surface area contributed by atoms with Gasteiger partial charge in [-0.05, 0) is 92.9 Å². The fraction of sp³-hybridized carbons (Fsp3) is 0.410. The highest BCUT2D eigenvalue weighted by molar-refractivity contribution is 5.69. The van der Waals surface area contributed by atoms with E-state index >= 15 is 0 Å². The molecule has 0 fully saturated rings. The number of carbonyl (C=O) groups is 1. The van der Waals surface area contributed by atoms with E-state index in [1.54, 1.807) is 0 Å². The minimum atomic E-state index is -0.104. The van der Waals surface area contributed by atoms with Crippen molar-refractivity contribution in [3.63, 3.8) is 0 Å². The summed E-state index contributed by atoms with van der Waals surface area (Å²) in [5.74, 6) is 1.49. The van der Waals surface area contributed by atoms with Crippen LogP contribution in [-0.4, -0.2) is 24.6 Å². The number of allylic oxidation sites excluding steroid dienone is 6. The number of carbonyl (C=O) groups excluding carboxylic acids is 1. The fourth-order valence-corrected chi connectivity index (χ4v) is 4.57. The zero-order valence-corrected chi connectivity index (χ0v) is 27.4. The molecule has 0 spiro atoms. The van der Waals surface area contributed by atoms with Gasteiger partial charge in [0.25, 0.3) is 0 Å². The van der Waals surface area contributed by atoms with Crippen molar-refractivity contribution in [1.82, 2.24) is 0 Å². The van der Waals surface area contributed by atoms with Crippen LogP contribution < -0.4 is 0 Å². The van der Waals surface area contributed by atoms with Gasteiger partial charge in [-0.25, -0.2) is 0 Å². The maximum Gasteiger partial charge on any atom is 0.143 e. The Kier molecular flexibility index (Phi) is 22.2. The largest absolute Gasteiger partial charge is 0.499 e. The van der Waals surface area contributed by atoms with E-state index in [0.29, 0.717) is 11.5 Å². The third-order valence-corrected chi connectivity index (χ3v) is 6.74. The van der Waals surface area contributed by atoms with Crippen molar-refractivity contribution in [2.75, 3.05) is 13.2 Å². The second-order valence-corrected chi connectivity index (χ2v) is 10.1. The summed E-state index contributed by atoms with van der Waals surface area (Å²) in [4.78, 5) is 10.3. The van der Waals surface area contributed by atoms with Crippen LogP contribution in [0, 0.1) is 12.8 Å². The summed E-state index contributed by atoms with van der Waals surface area (Å²) in [6.45, 7) is 22.6. The van der Waals surface area contributed by atoms with E-state index in [1.807, 2.05) is 52.8 Å². The lowest BCUT2D eigenvalue weighted by Crippen LogP contribution is -2.07. The number of unbranched alkanes of at least 4 members (excludes halogenated alkanes) is 1. The molecule has 2 aromatic rings. The number of aliphatic hydroxyl groups excluding tert-OH is 1. The molecule has 0 saturated heterocycles. The average Bonchev–Trinajstić information content (AvgIpc) is 3.00. The van der Waals surface area contributed by atoms with Crippen LogP contribution >= 0.6 is 0 Å². The van der Waals surface area contributed by atoms with E-state index < -0.39 is 0 Å². The van der Waals surface area contributed by atoms with Crippen LogP contribution in [0.15, 0.2) is 108 Å². The van der Waals surface area contributed by atoms with E-state index in [4.69, 9.17) is 9.84 Å². The standard InChI is InChI=1S/C25H34O.C12H16O2.C2H6/c1-5-11-23(21(4)26-6-2)15-8-7-13-22-14-10-17-25(19-22)24-16-9-12-20(3)18-24;1-4-5-6-12(11(3)9-14)10(2)7-8-13;1-2/h9-10,12,14,16-19,23H,4-8,11,13,15H2,1-3H3;4-8,14H,3,9H2,1-2H3;1-2H3/b;5-4-,10-7-,12-6-;. The fourth-order valence-electron chi connectivity index (χ4n) is 4.57. The van der Waals surface area contributed by atoms with E-state index in [2.05, 4.69) is 75.5 Å². The Balaban J connectivity index is 0.000000892. The van der Waals surface area contributed by atoms with Gasteiger partial charge in [0, 0.05) is 5.92 Å². The summed E-state index contributed by atoms with van der Waals surface area (Å²) in [5.41, 5.74) is 7.58. The van der Waals surface area contributed by atoms with Crippen molar-refractivity contribution in [2.45, 2.75) is 87.0 Å². The van der Waals surface area contributed by atoms with Gasteiger partial charge in [0.15, 0.2) is 0 Å². The van der Waals surface area contributed by atoms with Crippen LogP contribution in [0.5, 0.6) is 0 Å². The Bertz CT molecular complexity index is 1150. The molecule has 230 valence electrons. The number of ether oxygens (including phenoxy) is 1. The van der Waals surface area contributed by atoms with Gasteiger partial charge in [-0.15, -0.1) is 0 Å². The van der Waals surface area contributed by atoms with Crippen molar-refractivity contribution in [2.24, 2.45) is 5.92 Å². The lowest BCUT2D eigenvalue weighted by Gasteiger charge is -2.19. The zero-order valence-electron chi connectivity index (χ0n) is 27.4. The molecular weight excluding hydrogens is 516 g/mol. The first kappa shape index (κ1) is 38.6. The molecule has 3 heteroatoms. The van der Waals surface area contributed by atoms with Crippen molar-refractivity contribution < 1.29 is 14.6 Å². The highest BCUT2D eigenvalue weighted by atomic mass is 16.5. The Morgan fingerprint density at radius 3 is 2.21 bits per heavy atom. The predicted octanol–water partition coefficient (Wildman–Crippen LogP) is 10.6. The van der Waals surface area contributed by atoms with Gasteiger partial charge < -0.3 is 9.84 Å². The normalized spacial score (nSPS) is 12.0. The number of aliphatic hydroxyl groups is 1. The van der Waals surface area contributed by atoms with Crippen LogP contribution in [0.1, 0.15) is 84.8 Å². The molecule has 0 saturated carbocycles. The van der Waals surface area contributed by atoms with Crippen molar-refractivity contribution >= 4 is 6.29 Å². The molecule has 0 aliphatic rings. The van der Waals surface area contributed by atoms with Crippen LogP contribution in [0.2, 0.25) is 0 Å². The van der Waals surface area contributed by atoms with E-state index in [0.717, 1.165) is 36.2 Å². The molecule has 3 nitrogen and oxygen atoms in total. The van der Waals surface area contributed by atoms with Crippen molar-refractivity contribution in [3.8, 4) is 11.1 Å². The smallest absolute Gasteiger partial charge is 0.143 e. The highest BCUT2D eigenvalue weighted by Gasteiger charge is 2.12. The second-order valence-electron chi connectivity index (χ2n) is 10.1. The molecule has 0 radical (unpaired) electrons. The van der Waals surface area contributed by atoms with E-state index in [-0.39, 0.29) is 6.61 Å². The Labute approximate surface area is 257 Å². The third kappa shape index (κ3) is 15.5. The van der Waals surface area contributed by atoms with E-state index in [1.165, 1.54) is 60.4 Å². The molecule has 2 aromatic carbocycles. The number of aldehydes is 1. The van der Waals surface area contributed by atoms with Gasteiger partial charge in [0.05, 0.1) is 19.0 Å². The average molecular weight is 573 g/mol. The number of rotatable bonds is 16. The Morgan fingerprint density at radius 2 is 1.64 bits per heavy atom. The predicted molar refractivity (Wildman–Crippen MR) is 184 cm³/mol. The first-order chi connectivity index (χ1) is 20.3. The summed E-state index contributed by atoms with van der Waals surface area (Å²) < 4.78 is 5.65. The molecule has 0 aromatic heterocycles. The number of hydrogen-bond acceptors (Lipinski definition) is 3.